The fourth-order valence-electron chi connectivity index (χ4n) is 12.5. The highest BCUT2D eigenvalue weighted by atomic mass is 33.1. The maximum Gasteiger partial charge on any atom is 0.244 e. The third-order valence-electron chi connectivity index (χ3n) is 20.9. The summed E-state index contributed by atoms with van der Waals surface area (Å²) < 4.78 is 0. The molecule has 4 aliphatic rings. The van der Waals surface area contributed by atoms with Crippen LogP contribution in [0.4, 0.5) is 0 Å². The van der Waals surface area contributed by atoms with Gasteiger partial charge in [-0.3, -0.25) is 108 Å². The minimum atomic E-state index is -1.75. The highest BCUT2D eigenvalue weighted by Crippen LogP contribution is 2.28. The van der Waals surface area contributed by atoms with Gasteiger partial charge < -0.3 is 140 Å². The predicted octanol–water partition coefficient (Wildman–Crippen LogP) is -8.33. The first kappa shape index (κ1) is 110. The van der Waals surface area contributed by atoms with Crippen LogP contribution in [0.15, 0.2) is 0 Å². The summed E-state index contributed by atoms with van der Waals surface area (Å²) in [5, 5.41) is 88.4. The van der Waals surface area contributed by atoms with Gasteiger partial charge in [0.15, 0.2) is 23.8 Å². The van der Waals surface area contributed by atoms with Gasteiger partial charge in [0, 0.05) is 60.7 Å². The smallest absolute Gasteiger partial charge is 0.244 e. The molecule has 4 saturated heterocycles. The van der Waals surface area contributed by atoms with Crippen molar-refractivity contribution in [1.82, 2.24) is 117 Å². The number of fused-ring (bicyclic) bond motifs is 15. The Morgan fingerprint density at radius 1 is 0.273 bits per heavy atom. The lowest BCUT2D eigenvalue weighted by molar-refractivity contribution is -0.136. The average molecular weight is 1920 g/mol. The molecular weight excluding hydrogens is 1790 g/mol. The van der Waals surface area contributed by atoms with Crippen LogP contribution < -0.4 is 140 Å². The third-order valence-corrected chi connectivity index (χ3v) is 28.1. The van der Waals surface area contributed by atoms with Crippen LogP contribution in [0.2, 0.25) is 0 Å². The lowest BCUT2D eigenvalue weighted by Crippen LogP contribution is -2.62. The van der Waals surface area contributed by atoms with Crippen molar-refractivity contribution in [3.8, 4) is 0 Å². The Labute approximate surface area is 765 Å². The number of hydrogen-bond acceptors (Lipinski definition) is 28. The first-order valence-electron chi connectivity index (χ1n) is 42.1. The molecule has 48 nitrogen and oxygen atoms in total. The lowest BCUT2D eigenvalue weighted by atomic mass is 9.97. The number of hydrogen-bond donors (Lipinski definition) is 30. The number of nitrogens with two attached hydrogens (primary N) is 4. The van der Waals surface area contributed by atoms with Crippen LogP contribution >= 0.6 is 64.8 Å². The largest absolute Gasteiger partial charge is 0.370 e. The average Bonchev–Trinajstić information content (AvgIpc) is 0.849. The monoisotopic (exact) mass is 1920 g/mol. The summed E-state index contributed by atoms with van der Waals surface area (Å²) in [7, 11) is 5.10. The van der Waals surface area contributed by atoms with E-state index in [4.69, 9.17) is 44.6 Å². The maximum atomic E-state index is 15.5. The van der Waals surface area contributed by atoms with Crippen LogP contribution in [0.1, 0.15) is 132 Å². The minimum Gasteiger partial charge on any atom is -0.370 e. The van der Waals surface area contributed by atoms with E-state index in [9.17, 15) is 47.9 Å². The summed E-state index contributed by atoms with van der Waals surface area (Å²) in [6, 6.07) is -22.3. The second-order valence-corrected chi connectivity index (χ2v) is 38.5. The fourth-order valence-corrected chi connectivity index (χ4v) is 19.5. The van der Waals surface area contributed by atoms with Crippen molar-refractivity contribution >= 4 is 195 Å². The first-order valence-corrected chi connectivity index (χ1v) is 49.5. The molecule has 4 fully saturated rings. The van der Waals surface area contributed by atoms with Crippen molar-refractivity contribution in [2.75, 3.05) is 86.9 Å². The van der Waals surface area contributed by atoms with Crippen LogP contribution in [0, 0.1) is 45.3 Å². The van der Waals surface area contributed by atoms with Crippen LogP contribution in [0.5, 0.6) is 0 Å². The van der Waals surface area contributed by atoms with E-state index < -0.39 is 299 Å². The van der Waals surface area contributed by atoms with E-state index in [0.717, 1.165) is 64.8 Å². The SMILES string of the molecule is CC[C@H](C)[C@@H]1NC(=O)CNC(=O)[C@H](CCCNC(=N)N)NC(=O)CNC(=O)[C@@H]2CSSC[C@H](NC1=O)C(=O)N[C@@H](CCCNC(=N)N)C(=O)N[C@H]1CSSC[C@H](NC(=O)[C@H](CCCNC(=N)N)NC(=O)[C@@H]3CSSC[C@H](NC(=O)[C@H]([C@@H](C)CC)NC1=O)C(=O)NCC(=O)N[C@@H](CCCNC(=N)N)C(=O)NCC(=O)N[C@@H]([C@@H](C)CC)C(=O)N3)C(=O)N[C@@H]([C@@H](C)CC)C(=O)N2. The molecule has 4 aliphatic heterocycles. The molecule has 718 valence electrons. The van der Waals surface area contributed by atoms with Gasteiger partial charge >= 0.3 is 0 Å². The van der Waals surface area contributed by atoms with E-state index >= 15 is 38.4 Å². The minimum absolute atomic E-state index is 0.0384. The lowest BCUT2D eigenvalue weighted by Gasteiger charge is -2.30. The zero-order valence-corrected chi connectivity index (χ0v) is 77.8. The molecule has 6 bridgehead atoms. The Hall–Kier alpha value is -10.4. The highest BCUT2D eigenvalue weighted by molar-refractivity contribution is 8.77. The normalized spacial score (nSPS) is 26.7. The molecule has 0 spiro atoms. The summed E-state index contributed by atoms with van der Waals surface area (Å²) in [5.41, 5.74) is 22.3. The Morgan fingerprint density at radius 3 is 0.703 bits per heavy atom. The van der Waals surface area contributed by atoms with Gasteiger partial charge in [-0.2, -0.15) is 0 Å². The maximum absolute atomic E-state index is 15.5. The number of amides is 18. The van der Waals surface area contributed by atoms with Gasteiger partial charge in [0.05, 0.1) is 26.2 Å². The molecule has 54 heteroatoms. The van der Waals surface area contributed by atoms with Gasteiger partial charge in [-0.05, 0) is 75.0 Å². The van der Waals surface area contributed by atoms with Crippen LogP contribution in [0.3, 0.4) is 0 Å². The Morgan fingerprint density at radius 2 is 0.469 bits per heavy atom. The summed E-state index contributed by atoms with van der Waals surface area (Å²) in [6.07, 6.45) is 0.130. The van der Waals surface area contributed by atoms with Crippen LogP contribution in [-0.4, -0.2) is 302 Å². The number of rotatable bonds is 24. The van der Waals surface area contributed by atoms with Crippen molar-refractivity contribution in [2.45, 2.75) is 217 Å². The molecule has 4 heterocycles. The molecule has 18 atom stereocenters. The summed E-state index contributed by atoms with van der Waals surface area (Å²) in [5.74, 6) is -25.0. The number of carbonyl (C=O) groups excluding carboxylic acids is 18. The topological polar surface area (TPSA) is 771 Å². The molecule has 0 unspecified atom stereocenters. The second kappa shape index (κ2) is 58.2. The molecular formula is C74H128N30O18S6. The Balaban J connectivity index is 2.11. The van der Waals surface area contributed by atoms with E-state index in [-0.39, 0.29) is 103 Å². The molecule has 0 aliphatic carbocycles. The summed E-state index contributed by atoms with van der Waals surface area (Å²) in [6.45, 7) is 9.97. The van der Waals surface area contributed by atoms with E-state index in [1.807, 2.05) is 0 Å². The molecule has 128 heavy (non-hydrogen) atoms. The standard InChI is InChI=1S/C74H128N30O18S6/c1-9-35(5)53-67(119)99-45-31-125-123-29-43(59(111)89-25-49(105)91-39(17-13-21-83-71(75)76)57(109)87-27-51(107)101-53)97-69(121)55(37(7)11-3)104-66(118)48-34-128-127-33-47(95-61(113)41(93-63(45)115)19-15-23-85-73(79)80)65(117)103-56(38(8)12-4)70(122)98-44-30-124-126-32-46(64(116)94-42(62(114)96-48)20-16-24-86-74(81)82)100-68(120)54(36(6)10-2)102-52(108)28-88-58(110)40(18-14-22-84-72(77)78)92-50(106)26-90-60(44)112/h35-48,53-56H,9-34H2,1-8H3,(H,87,109)(H,88,110)(H,89,111)(H,90,112)(H,91,105)(H,92,106)(H,93,115)(H,94,116)(H,95,113)(H,96,114)(H,97,121)(H,98,122)(H,99,119)(H,100,120)(H,101,107)(H,102,108)(H,103,117)(H,104,118)(H4,75,76,83)(H4,77,78,84)(H4,79,80,85)(H4,81,82,86)/t35-,36-,37-,38-,39-,40-,41-,42-,43-,44-,45-,46-,47-,48-,53-,54-,55-,56-/m0/s1. The van der Waals surface area contributed by atoms with E-state index in [1.165, 1.54) is 0 Å². The van der Waals surface area contributed by atoms with Crippen molar-refractivity contribution in [2.24, 2.45) is 46.6 Å². The van der Waals surface area contributed by atoms with Crippen molar-refractivity contribution in [1.29, 1.82) is 21.6 Å². The zero-order chi connectivity index (χ0) is 95.3. The molecule has 0 aromatic carbocycles. The molecule has 0 saturated carbocycles. The second-order valence-electron chi connectivity index (χ2n) is 30.8. The highest BCUT2D eigenvalue weighted by Gasteiger charge is 2.41. The third kappa shape index (κ3) is 40.1. The van der Waals surface area contributed by atoms with Gasteiger partial charge in [0.1, 0.15) is 84.6 Å². The number of nitrogens with one attached hydrogen (secondary N) is 26. The van der Waals surface area contributed by atoms with Gasteiger partial charge in [0.25, 0.3) is 0 Å². The van der Waals surface area contributed by atoms with Crippen LogP contribution in [0.25, 0.3) is 0 Å². The van der Waals surface area contributed by atoms with Gasteiger partial charge in [-0.25, -0.2) is 0 Å². The summed E-state index contributed by atoms with van der Waals surface area (Å²) >= 11 is 0. The van der Waals surface area contributed by atoms with Crippen molar-refractivity contribution in [3.05, 3.63) is 0 Å². The number of guanidine groups is 4. The van der Waals surface area contributed by atoms with Gasteiger partial charge in [0.2, 0.25) is 106 Å². The van der Waals surface area contributed by atoms with Crippen molar-refractivity contribution < 1.29 is 86.3 Å². The molecule has 0 aromatic heterocycles. The zero-order valence-electron chi connectivity index (χ0n) is 72.9. The van der Waals surface area contributed by atoms with E-state index in [2.05, 4.69) is 117 Å². The molecule has 0 radical (unpaired) electrons. The van der Waals surface area contributed by atoms with Gasteiger partial charge in [-0.1, -0.05) is 146 Å². The van der Waals surface area contributed by atoms with E-state index in [0.29, 0.717) is 0 Å². The van der Waals surface area contributed by atoms with Crippen molar-refractivity contribution in [3.63, 3.8) is 0 Å². The summed E-state index contributed by atoms with van der Waals surface area (Å²) in [4.78, 5) is 265. The molecule has 34 N–H and O–H groups in total. The fraction of sp³-hybridized carbons (Fsp3) is 0.703. The van der Waals surface area contributed by atoms with Crippen LogP contribution in [-0.2, 0) is 86.3 Å². The molecule has 4 rings (SSSR count). The van der Waals surface area contributed by atoms with Gasteiger partial charge in [-0.15, -0.1) is 0 Å². The molecule has 0 aromatic rings. The Kier molecular flexibility index (Phi) is 50.0. The first-order chi connectivity index (χ1) is 60.7. The molecule has 18 amide bonds. The van der Waals surface area contributed by atoms with E-state index in [1.54, 1.807) is 55.4 Å². The Bertz CT molecular complexity index is 3670. The quantitative estimate of drug-likeness (QED) is 0.0185. The number of carbonyl (C=O) groups is 18. The predicted molar refractivity (Wildman–Crippen MR) is 488 cm³/mol.